The number of aliphatic hydroxyl groups is 2. The number of anilines is 2. The maximum Gasteiger partial charge on any atom is 0.264 e. The number of rotatable bonds is 11. The highest BCUT2D eigenvalue weighted by Gasteiger charge is 2.66. The van der Waals surface area contributed by atoms with Crippen molar-refractivity contribution in [3.8, 4) is 0 Å². The lowest BCUT2D eigenvalue weighted by Crippen LogP contribution is -2.45. The van der Waals surface area contributed by atoms with E-state index in [9.17, 15) is 19.8 Å². The Kier molecular flexibility index (Phi) is 9.80. The van der Waals surface area contributed by atoms with Gasteiger partial charge in [-0.25, -0.2) is 0 Å². The zero-order valence-electron chi connectivity index (χ0n) is 27.9. The lowest BCUT2D eigenvalue weighted by atomic mass is 9.82. The number of halogens is 2. The molecular weight excluding hydrogens is 665 g/mol. The minimum absolute atomic E-state index is 0.125. The lowest BCUT2D eigenvalue weighted by molar-refractivity contribution is -0.146. The molecule has 3 N–H and O–H groups in total. The number of nitrogens with one attached hydrogen (secondary N) is 1. The highest BCUT2D eigenvalue weighted by molar-refractivity contribution is 6.72. The van der Waals surface area contributed by atoms with Crippen LogP contribution in [0.1, 0.15) is 48.6 Å². The summed E-state index contributed by atoms with van der Waals surface area (Å²) in [6.45, 7) is 7.02. The van der Waals surface area contributed by atoms with Gasteiger partial charge in [0.05, 0.1) is 36.6 Å². The van der Waals surface area contributed by atoms with E-state index in [1.54, 1.807) is 65.3 Å². The molecule has 10 nitrogen and oxygen atoms in total. The summed E-state index contributed by atoms with van der Waals surface area (Å²) in [5, 5.41) is 31.5. The monoisotopic (exact) mass is 705 g/mol. The molecule has 6 atom stereocenters. The first kappa shape index (κ1) is 34.9. The van der Waals surface area contributed by atoms with Gasteiger partial charge in [0, 0.05) is 40.5 Å². The van der Waals surface area contributed by atoms with Gasteiger partial charge in [0.15, 0.2) is 5.60 Å². The van der Waals surface area contributed by atoms with Crippen LogP contribution in [0.5, 0.6) is 0 Å². The number of aryl methyl sites for hydroxylation is 1. The van der Waals surface area contributed by atoms with Crippen molar-refractivity contribution in [3.05, 3.63) is 106 Å². The molecule has 2 aliphatic rings. The molecule has 0 bridgehead atoms. The third kappa shape index (κ3) is 6.67. The molecule has 258 valence electrons. The average Bonchev–Trinajstić information content (AvgIpc) is 3.71. The topological polar surface area (TPSA) is 130 Å². The van der Waals surface area contributed by atoms with Crippen LogP contribution in [-0.4, -0.2) is 64.2 Å². The normalized spacial score (nSPS) is 23.1. The number of aliphatic hydroxyl groups excluding tert-OH is 2. The van der Waals surface area contributed by atoms with Crippen molar-refractivity contribution in [2.24, 2.45) is 5.92 Å². The number of amides is 2. The fourth-order valence-corrected chi connectivity index (χ4v) is 10.2. The minimum Gasteiger partial charge on any atom is -0.395 e. The number of carbonyl (C=O) groups is 2. The summed E-state index contributed by atoms with van der Waals surface area (Å²) in [6, 6.07) is 21.9. The first-order valence-corrected chi connectivity index (χ1v) is 19.8. The molecule has 1 fully saturated rings. The van der Waals surface area contributed by atoms with Crippen LogP contribution in [0.25, 0.3) is 0 Å². The van der Waals surface area contributed by atoms with Gasteiger partial charge in [-0.15, -0.1) is 5.10 Å². The van der Waals surface area contributed by atoms with Crippen LogP contribution in [0, 0.1) is 5.92 Å². The van der Waals surface area contributed by atoms with Crippen LogP contribution < -0.4 is 10.2 Å². The first-order valence-electron chi connectivity index (χ1n) is 16.5. The molecule has 0 aliphatic carbocycles. The van der Waals surface area contributed by atoms with Crippen molar-refractivity contribution in [3.63, 3.8) is 0 Å². The quantitative estimate of drug-likeness (QED) is 0.133. The zero-order valence-corrected chi connectivity index (χ0v) is 29.6. The molecule has 1 spiro atoms. The molecule has 1 aromatic heterocycles. The van der Waals surface area contributed by atoms with Crippen molar-refractivity contribution in [2.75, 3.05) is 16.8 Å². The molecule has 3 aromatic carbocycles. The number of carbonyl (C=O) groups excluding carboxylic acids is 2. The third-order valence-corrected chi connectivity index (χ3v) is 12.5. The van der Waals surface area contributed by atoms with Crippen molar-refractivity contribution < 1.29 is 28.6 Å². The first-order chi connectivity index (χ1) is 23.3. The number of benzene rings is 3. The number of hydrogen-bond donors (Lipinski definition) is 3. The molecule has 49 heavy (non-hydrogen) atoms. The highest BCUT2D eigenvalue weighted by Crippen LogP contribution is 2.60. The number of ether oxygens (including phenoxy) is 1. The summed E-state index contributed by atoms with van der Waals surface area (Å²) >= 11 is 6.52. The van der Waals surface area contributed by atoms with Gasteiger partial charge in [0.25, 0.3) is 11.8 Å². The summed E-state index contributed by atoms with van der Waals surface area (Å²) in [7, 11) is -3.41. The number of fused-ring (bicyclic) bond motifs is 2. The summed E-state index contributed by atoms with van der Waals surface area (Å²) in [5.74, 6) is -1.66. The Morgan fingerprint density at radius 3 is 2.59 bits per heavy atom. The van der Waals surface area contributed by atoms with E-state index in [4.69, 9.17) is 16.3 Å². The van der Waals surface area contributed by atoms with E-state index in [1.165, 1.54) is 6.92 Å². The molecule has 2 amide bonds. The van der Waals surface area contributed by atoms with Gasteiger partial charge in [-0.1, -0.05) is 66.2 Å². The smallest absolute Gasteiger partial charge is 0.264 e. The third-order valence-electron chi connectivity index (χ3n) is 9.78. The van der Waals surface area contributed by atoms with Gasteiger partial charge < -0.3 is 29.3 Å². The molecule has 1 saturated heterocycles. The largest absolute Gasteiger partial charge is 0.395 e. The molecule has 4 aromatic rings. The van der Waals surface area contributed by atoms with E-state index in [-0.39, 0.29) is 25.0 Å². The van der Waals surface area contributed by atoms with Crippen LogP contribution in [0.4, 0.5) is 15.5 Å². The fourth-order valence-electron chi connectivity index (χ4n) is 7.52. The molecule has 0 radical (unpaired) electrons. The molecule has 0 saturated carbocycles. The average molecular weight is 706 g/mol. The summed E-state index contributed by atoms with van der Waals surface area (Å²) in [5.41, 5.74) is 2.06. The summed E-state index contributed by atoms with van der Waals surface area (Å²) < 4.78 is 24.9. The van der Waals surface area contributed by atoms with E-state index in [0.717, 1.165) is 11.1 Å². The van der Waals surface area contributed by atoms with Gasteiger partial charge in [-0.3, -0.25) is 14.3 Å². The highest BCUT2D eigenvalue weighted by atomic mass is 35.5. The second-order valence-electron chi connectivity index (χ2n) is 13.5. The fraction of sp³-hybridized carbons (Fsp3) is 0.389. The predicted octanol–water partition coefficient (Wildman–Crippen LogP) is 5.79. The van der Waals surface area contributed by atoms with Gasteiger partial charge in [0.2, 0.25) is 8.41 Å². The van der Waals surface area contributed by atoms with Crippen LogP contribution in [-0.2, 0) is 33.0 Å². The van der Waals surface area contributed by atoms with Crippen LogP contribution in [0.15, 0.2) is 79.0 Å². The summed E-state index contributed by atoms with van der Waals surface area (Å²) in [6.07, 6.45) is 0.420. The Labute approximate surface area is 291 Å². The summed E-state index contributed by atoms with van der Waals surface area (Å²) in [4.78, 5) is 28.5. The molecular formula is C36H41ClFN5O5Si. The Bertz CT molecular complexity index is 1840. The van der Waals surface area contributed by atoms with Gasteiger partial charge in [-0.05, 0) is 67.9 Å². The number of hydrogen-bond acceptors (Lipinski definition) is 7. The van der Waals surface area contributed by atoms with Crippen molar-refractivity contribution in [2.45, 2.75) is 75.7 Å². The van der Waals surface area contributed by atoms with Crippen LogP contribution >= 0.6 is 11.6 Å². The Balaban J connectivity index is 1.28. The zero-order chi connectivity index (χ0) is 35.1. The van der Waals surface area contributed by atoms with Gasteiger partial charge >= 0.3 is 0 Å². The molecule has 3 heterocycles. The van der Waals surface area contributed by atoms with Crippen LogP contribution in [0.2, 0.25) is 23.7 Å². The van der Waals surface area contributed by atoms with Crippen molar-refractivity contribution in [1.82, 2.24) is 15.0 Å². The second kappa shape index (κ2) is 13.8. The van der Waals surface area contributed by atoms with E-state index < -0.39 is 43.6 Å². The Morgan fingerprint density at radius 1 is 1.14 bits per heavy atom. The molecule has 13 heteroatoms. The molecule has 1 unspecified atom stereocenters. The van der Waals surface area contributed by atoms with E-state index in [2.05, 4.69) is 15.6 Å². The van der Waals surface area contributed by atoms with E-state index in [1.807, 2.05) is 43.3 Å². The van der Waals surface area contributed by atoms with Gasteiger partial charge in [0.1, 0.15) is 6.10 Å². The van der Waals surface area contributed by atoms with Gasteiger partial charge in [-0.2, -0.15) is 0 Å². The maximum atomic E-state index is 16.3. The minimum atomic E-state index is -3.41. The van der Waals surface area contributed by atoms with Crippen LogP contribution in [0.3, 0.4) is 0 Å². The standard InChI is InChI=1S/C36H41ClFN5O5Si/c1-22-33(49(3,4)38)32(15-16-42-20-30(40-41-42)28(21-44)25-10-6-5-7-11-25)48-36(22)29-18-26(37)13-14-31(29)43(35(36)47)19-24-9-8-12-27(17-24)39-34(46)23(2)45/h5-14,17-18,20,22-23,28,32-33,44-45H,15-16,19,21H2,1-4H3,(H,39,46)/t22-,23+,28?,32+,33-,36+/m1/s1. The van der Waals surface area contributed by atoms with E-state index in [0.29, 0.717) is 40.6 Å². The number of aromatic nitrogens is 3. The lowest BCUT2D eigenvalue weighted by Gasteiger charge is -2.31. The Morgan fingerprint density at radius 2 is 1.90 bits per heavy atom. The maximum absolute atomic E-state index is 16.3. The number of nitrogens with zero attached hydrogens (tertiary/aromatic N) is 4. The van der Waals surface area contributed by atoms with Crippen molar-refractivity contribution >= 4 is 43.2 Å². The Hall–Kier alpha value is -3.94. The van der Waals surface area contributed by atoms with Crippen molar-refractivity contribution in [1.29, 1.82) is 0 Å². The second-order valence-corrected chi connectivity index (χ2v) is 17.8. The SMILES string of the molecule is C[C@H](O)C(=O)Nc1cccc(CN2C(=O)[C@@]3(O[C@@H](CCn4cc(C(CO)c5ccccc5)nn4)[C@H]([Si](C)(C)F)[C@H]3C)c3cc(Cl)ccc32)c1. The molecule has 6 rings (SSSR count). The van der Waals surface area contributed by atoms with E-state index >= 15 is 4.11 Å². The predicted molar refractivity (Wildman–Crippen MR) is 187 cm³/mol. The molecule has 2 aliphatic heterocycles.